The van der Waals surface area contributed by atoms with Crippen molar-refractivity contribution in [3.63, 3.8) is 0 Å². The van der Waals surface area contributed by atoms with E-state index < -0.39 is 0 Å². The number of aryl methyl sites for hydroxylation is 1. The molecule has 6 heteroatoms. The largest absolute Gasteiger partial charge is 0.497 e. The van der Waals surface area contributed by atoms with E-state index in [0.29, 0.717) is 18.0 Å². The maximum absolute atomic E-state index is 12.1. The van der Waals surface area contributed by atoms with Gasteiger partial charge in [0.2, 0.25) is 5.91 Å². The molecule has 0 saturated carbocycles. The van der Waals surface area contributed by atoms with Crippen molar-refractivity contribution >= 4 is 23.3 Å². The third-order valence-corrected chi connectivity index (χ3v) is 5.21. The van der Waals surface area contributed by atoms with Crippen LogP contribution >= 0.6 is 11.3 Å². The predicted octanol–water partition coefficient (Wildman–Crippen LogP) is 4.51. The summed E-state index contributed by atoms with van der Waals surface area (Å²) in [7, 11) is 3.20. The second kappa shape index (κ2) is 9.89. The number of rotatable bonds is 8. The van der Waals surface area contributed by atoms with E-state index in [1.54, 1.807) is 31.6 Å². The third kappa shape index (κ3) is 5.68. The van der Waals surface area contributed by atoms with Crippen LogP contribution < -0.4 is 14.8 Å². The molecule has 3 aromatic rings. The summed E-state index contributed by atoms with van der Waals surface area (Å²) in [6.07, 6.45) is 3.99. The van der Waals surface area contributed by atoms with Gasteiger partial charge in [-0.1, -0.05) is 24.3 Å². The Bertz CT molecular complexity index is 994. The fourth-order valence-corrected chi connectivity index (χ4v) is 3.48. The fraction of sp³-hybridized carbons (Fsp3) is 0.217. The van der Waals surface area contributed by atoms with Crippen LogP contribution in [0.15, 0.2) is 53.9 Å². The molecule has 0 radical (unpaired) electrons. The standard InChI is InChI=1S/C23H24N2O3S/c1-16-25-21(15-29-16)18-6-4-17(5-7-18)12-13-24-23(26)11-8-19-14-20(27-2)9-10-22(19)28-3/h4-11,14-15H,12-13H2,1-3H3,(H,24,26)/b11-8+. The number of nitrogens with zero attached hydrogens (tertiary/aromatic N) is 1. The SMILES string of the molecule is COc1ccc(OC)c(/C=C/C(=O)NCCc2ccc(-c3csc(C)n3)cc2)c1. The number of nitrogens with one attached hydrogen (secondary N) is 1. The van der Waals surface area contributed by atoms with Gasteiger partial charge in [-0.25, -0.2) is 4.98 Å². The molecule has 1 aromatic heterocycles. The Morgan fingerprint density at radius 3 is 2.59 bits per heavy atom. The zero-order chi connectivity index (χ0) is 20.6. The highest BCUT2D eigenvalue weighted by molar-refractivity contribution is 7.09. The molecule has 0 aliphatic carbocycles. The van der Waals surface area contributed by atoms with E-state index in [1.165, 1.54) is 11.6 Å². The lowest BCUT2D eigenvalue weighted by Crippen LogP contribution is -2.23. The molecule has 1 amide bonds. The number of ether oxygens (including phenoxy) is 2. The van der Waals surface area contributed by atoms with Crippen LogP contribution in [0.1, 0.15) is 16.1 Å². The van der Waals surface area contributed by atoms with Crippen molar-refractivity contribution in [1.29, 1.82) is 0 Å². The van der Waals surface area contributed by atoms with Gasteiger partial charge in [-0.15, -0.1) is 11.3 Å². The van der Waals surface area contributed by atoms with Crippen LogP contribution in [-0.2, 0) is 11.2 Å². The molecular formula is C23H24N2O3S. The van der Waals surface area contributed by atoms with Gasteiger partial charge < -0.3 is 14.8 Å². The maximum Gasteiger partial charge on any atom is 0.244 e. The second-order valence-corrected chi connectivity index (χ2v) is 7.49. The molecule has 0 unspecified atom stereocenters. The Morgan fingerprint density at radius 2 is 1.93 bits per heavy atom. The van der Waals surface area contributed by atoms with Crippen LogP contribution in [0.2, 0.25) is 0 Å². The summed E-state index contributed by atoms with van der Waals surface area (Å²) < 4.78 is 10.5. The highest BCUT2D eigenvalue weighted by Gasteiger charge is 2.04. The molecule has 0 aliphatic heterocycles. The van der Waals surface area contributed by atoms with Gasteiger partial charge in [0.15, 0.2) is 0 Å². The molecule has 0 spiro atoms. The van der Waals surface area contributed by atoms with E-state index in [1.807, 2.05) is 25.1 Å². The molecule has 0 atom stereocenters. The van der Waals surface area contributed by atoms with Crippen molar-refractivity contribution in [2.75, 3.05) is 20.8 Å². The first-order valence-electron chi connectivity index (χ1n) is 9.28. The first kappa shape index (κ1) is 20.6. The lowest BCUT2D eigenvalue weighted by atomic mass is 10.1. The molecule has 0 bridgehead atoms. The molecule has 1 N–H and O–H groups in total. The van der Waals surface area contributed by atoms with E-state index in [-0.39, 0.29) is 5.91 Å². The average molecular weight is 409 g/mol. The summed E-state index contributed by atoms with van der Waals surface area (Å²) in [5.41, 5.74) is 4.07. The number of aromatic nitrogens is 1. The van der Waals surface area contributed by atoms with Gasteiger partial charge in [0.05, 0.1) is 24.9 Å². The Morgan fingerprint density at radius 1 is 1.14 bits per heavy atom. The van der Waals surface area contributed by atoms with E-state index in [2.05, 4.69) is 39.9 Å². The van der Waals surface area contributed by atoms with Crippen LogP contribution in [0.4, 0.5) is 0 Å². The number of methoxy groups -OCH3 is 2. The number of hydrogen-bond donors (Lipinski definition) is 1. The van der Waals surface area contributed by atoms with Gasteiger partial charge in [0.1, 0.15) is 11.5 Å². The van der Waals surface area contributed by atoms with E-state index in [0.717, 1.165) is 28.2 Å². The summed E-state index contributed by atoms with van der Waals surface area (Å²) in [5.74, 6) is 1.25. The zero-order valence-electron chi connectivity index (χ0n) is 16.8. The molecule has 3 rings (SSSR count). The predicted molar refractivity (Wildman–Crippen MR) is 118 cm³/mol. The van der Waals surface area contributed by atoms with Gasteiger partial charge in [-0.05, 0) is 43.2 Å². The fourth-order valence-electron chi connectivity index (χ4n) is 2.86. The zero-order valence-corrected chi connectivity index (χ0v) is 17.6. The average Bonchev–Trinajstić information content (AvgIpc) is 3.18. The van der Waals surface area contributed by atoms with Crippen molar-refractivity contribution in [2.24, 2.45) is 0 Å². The summed E-state index contributed by atoms with van der Waals surface area (Å²) in [6.45, 7) is 2.57. The molecular weight excluding hydrogens is 384 g/mol. The van der Waals surface area contributed by atoms with Crippen LogP contribution in [0.3, 0.4) is 0 Å². The summed E-state index contributed by atoms with van der Waals surface area (Å²) in [6, 6.07) is 13.7. The molecule has 5 nitrogen and oxygen atoms in total. The molecule has 150 valence electrons. The molecule has 2 aromatic carbocycles. The minimum Gasteiger partial charge on any atom is -0.497 e. The summed E-state index contributed by atoms with van der Waals surface area (Å²) >= 11 is 1.65. The van der Waals surface area contributed by atoms with Gasteiger partial charge >= 0.3 is 0 Å². The van der Waals surface area contributed by atoms with Crippen LogP contribution in [-0.4, -0.2) is 31.7 Å². The molecule has 0 fully saturated rings. The molecule has 0 saturated heterocycles. The maximum atomic E-state index is 12.1. The van der Waals surface area contributed by atoms with Gasteiger partial charge in [-0.2, -0.15) is 0 Å². The van der Waals surface area contributed by atoms with Crippen LogP contribution in [0.5, 0.6) is 11.5 Å². The van der Waals surface area contributed by atoms with E-state index in [9.17, 15) is 4.79 Å². The Hall–Kier alpha value is -3.12. The van der Waals surface area contributed by atoms with Crippen LogP contribution in [0.25, 0.3) is 17.3 Å². The highest BCUT2D eigenvalue weighted by atomic mass is 32.1. The third-order valence-electron chi connectivity index (χ3n) is 4.43. The molecule has 1 heterocycles. The Kier molecular flexibility index (Phi) is 7.03. The highest BCUT2D eigenvalue weighted by Crippen LogP contribution is 2.25. The number of carbonyl (C=O) groups excluding carboxylic acids is 1. The van der Waals surface area contributed by atoms with Gasteiger partial charge in [-0.3, -0.25) is 4.79 Å². The molecule has 29 heavy (non-hydrogen) atoms. The monoisotopic (exact) mass is 408 g/mol. The summed E-state index contributed by atoms with van der Waals surface area (Å²) in [4.78, 5) is 16.6. The minimum atomic E-state index is -0.149. The number of amides is 1. The molecule has 0 aliphatic rings. The van der Waals surface area contributed by atoms with Crippen molar-refractivity contribution in [3.05, 3.63) is 70.1 Å². The Labute approximate surface area is 175 Å². The van der Waals surface area contributed by atoms with Gasteiger partial charge in [0, 0.05) is 29.1 Å². The first-order valence-corrected chi connectivity index (χ1v) is 10.2. The Balaban J connectivity index is 1.51. The van der Waals surface area contributed by atoms with Gasteiger partial charge in [0.25, 0.3) is 0 Å². The number of carbonyl (C=O) groups is 1. The normalized spacial score (nSPS) is 10.9. The van der Waals surface area contributed by atoms with Crippen molar-refractivity contribution in [3.8, 4) is 22.8 Å². The smallest absolute Gasteiger partial charge is 0.244 e. The quantitative estimate of drug-likeness (QED) is 0.557. The second-order valence-electron chi connectivity index (χ2n) is 6.43. The van der Waals surface area contributed by atoms with Crippen molar-refractivity contribution < 1.29 is 14.3 Å². The summed E-state index contributed by atoms with van der Waals surface area (Å²) in [5, 5.41) is 6.03. The minimum absolute atomic E-state index is 0.149. The van der Waals surface area contributed by atoms with Crippen LogP contribution in [0, 0.1) is 6.92 Å². The lowest BCUT2D eigenvalue weighted by Gasteiger charge is -2.07. The van der Waals surface area contributed by atoms with Crippen molar-refractivity contribution in [2.45, 2.75) is 13.3 Å². The van der Waals surface area contributed by atoms with E-state index in [4.69, 9.17) is 9.47 Å². The van der Waals surface area contributed by atoms with E-state index >= 15 is 0 Å². The van der Waals surface area contributed by atoms with Crippen molar-refractivity contribution in [1.82, 2.24) is 10.3 Å². The topological polar surface area (TPSA) is 60.5 Å². The number of benzene rings is 2. The number of thiazole rings is 1. The first-order chi connectivity index (χ1) is 14.1. The lowest BCUT2D eigenvalue weighted by molar-refractivity contribution is -0.116. The number of hydrogen-bond acceptors (Lipinski definition) is 5.